The van der Waals surface area contributed by atoms with E-state index in [1.807, 2.05) is 46.5 Å². The van der Waals surface area contributed by atoms with Gasteiger partial charge >= 0.3 is 0 Å². The molecule has 39 heavy (non-hydrogen) atoms. The van der Waals surface area contributed by atoms with Gasteiger partial charge in [0.15, 0.2) is 0 Å². The highest BCUT2D eigenvalue weighted by atomic mass is 35.5. The lowest BCUT2D eigenvalue weighted by molar-refractivity contribution is -0.124. The zero-order valence-electron chi connectivity index (χ0n) is 21.5. The highest BCUT2D eigenvalue weighted by Crippen LogP contribution is 2.31. The fraction of sp³-hybridized carbons (Fsp3) is 0.107. The van der Waals surface area contributed by atoms with Gasteiger partial charge in [0.1, 0.15) is 19.4 Å². The third-order valence-electron chi connectivity index (χ3n) is 4.89. The van der Waals surface area contributed by atoms with Crippen molar-refractivity contribution in [2.45, 2.75) is 20.8 Å². The number of imidazole rings is 1. The van der Waals surface area contributed by atoms with E-state index in [9.17, 15) is 9.59 Å². The van der Waals surface area contributed by atoms with Crippen LogP contribution in [0.15, 0.2) is 60.7 Å². The smallest absolute Gasteiger partial charge is 0.267 e. The van der Waals surface area contributed by atoms with Gasteiger partial charge in [-0.25, -0.2) is 10.5 Å². The first-order chi connectivity index (χ1) is 18.8. The first-order valence-electron chi connectivity index (χ1n) is 11.4. The van der Waals surface area contributed by atoms with E-state index in [-0.39, 0.29) is 5.91 Å². The average Bonchev–Trinajstić information content (AvgIpc) is 3.39. The molecule has 0 radical (unpaired) electrons. The van der Waals surface area contributed by atoms with Crippen molar-refractivity contribution in [3.8, 4) is 11.4 Å². The third kappa shape index (κ3) is 8.89. The lowest BCUT2D eigenvalue weighted by Gasteiger charge is -2.09. The number of rotatable bonds is 5. The molecule has 0 atom stereocenters. The number of hydrogen-bond acceptors (Lipinski definition) is 6. The van der Waals surface area contributed by atoms with Crippen molar-refractivity contribution >= 4 is 71.4 Å². The van der Waals surface area contributed by atoms with Crippen LogP contribution >= 0.6 is 23.2 Å². The van der Waals surface area contributed by atoms with Crippen molar-refractivity contribution in [3.05, 3.63) is 87.4 Å². The van der Waals surface area contributed by atoms with Crippen LogP contribution in [0.2, 0.25) is 10.0 Å². The van der Waals surface area contributed by atoms with Gasteiger partial charge in [-0.3, -0.25) is 14.8 Å². The zero-order valence-corrected chi connectivity index (χ0v) is 23.1. The molecule has 1 aromatic heterocycles. The second-order valence-electron chi connectivity index (χ2n) is 7.30. The van der Waals surface area contributed by atoms with Gasteiger partial charge in [0.2, 0.25) is 0 Å². The molecule has 0 aliphatic carbocycles. The van der Waals surface area contributed by atoms with Crippen molar-refractivity contribution in [2.75, 3.05) is 5.32 Å². The molecule has 0 unspecified atom stereocenters. The van der Waals surface area contributed by atoms with Gasteiger partial charge in [-0.05, 0) is 66.6 Å². The molecule has 4 aromatic rings. The molecule has 2 amide bonds. The first-order valence-corrected chi connectivity index (χ1v) is 12.2. The number of halogens is 2. The van der Waals surface area contributed by atoms with Crippen LogP contribution in [0, 0.1) is 6.92 Å². The first kappa shape index (κ1) is 32.7. The standard InChI is InChI=1S/C24H18Cl2N4O3.C2H6.2CH2O/c1-13-2-6-16(19(26)10-13)24(32)27-15-5-7-18(25)17(12-15)23-28-20-8-3-14(11-21(20)29-23)4-9-22(31)30-33;3*1-2/h2-12,33H,1H3,(H,27,32)(H,28,29)(H,30,31);1-2H3;2*1H2/b9-4+;;;. The summed E-state index contributed by atoms with van der Waals surface area (Å²) in [5.74, 6) is -0.437. The number of aryl methyl sites for hydroxylation is 1. The fourth-order valence-electron chi connectivity index (χ4n) is 3.25. The number of nitrogens with one attached hydrogen (secondary N) is 3. The molecule has 0 bridgehead atoms. The molecule has 0 saturated heterocycles. The van der Waals surface area contributed by atoms with Crippen molar-refractivity contribution in [1.82, 2.24) is 15.4 Å². The van der Waals surface area contributed by atoms with Crippen LogP contribution in [0.3, 0.4) is 0 Å². The summed E-state index contributed by atoms with van der Waals surface area (Å²) in [4.78, 5) is 47.7. The van der Waals surface area contributed by atoms with Crippen molar-refractivity contribution in [3.63, 3.8) is 0 Å². The van der Waals surface area contributed by atoms with Gasteiger partial charge in [-0.2, -0.15) is 0 Å². The number of amides is 2. The van der Waals surface area contributed by atoms with Crippen LogP contribution in [-0.4, -0.2) is 40.6 Å². The number of hydroxylamine groups is 1. The largest absolute Gasteiger partial charge is 0.338 e. The second-order valence-corrected chi connectivity index (χ2v) is 8.12. The lowest BCUT2D eigenvalue weighted by atomic mass is 10.1. The predicted octanol–water partition coefficient (Wildman–Crippen LogP) is 6.27. The molecule has 0 aliphatic heterocycles. The summed E-state index contributed by atoms with van der Waals surface area (Å²) in [5.41, 5.74) is 6.19. The van der Waals surface area contributed by atoms with E-state index in [1.54, 1.807) is 54.0 Å². The third-order valence-corrected chi connectivity index (χ3v) is 5.53. The Bertz CT molecular complexity index is 1450. The van der Waals surface area contributed by atoms with Crippen molar-refractivity contribution < 1.29 is 24.4 Å². The maximum Gasteiger partial charge on any atom is 0.267 e. The Morgan fingerprint density at radius 3 is 2.28 bits per heavy atom. The Morgan fingerprint density at radius 1 is 0.949 bits per heavy atom. The summed E-state index contributed by atoms with van der Waals surface area (Å²) in [6, 6.07) is 15.7. The van der Waals surface area contributed by atoms with Gasteiger partial charge in [-0.1, -0.05) is 49.2 Å². The second kappa shape index (κ2) is 16.5. The molecule has 11 heteroatoms. The Balaban J connectivity index is 0.00000119. The minimum absolute atomic E-state index is 0.332. The van der Waals surface area contributed by atoms with Crippen LogP contribution in [0.1, 0.15) is 35.3 Å². The van der Waals surface area contributed by atoms with Crippen molar-refractivity contribution in [2.24, 2.45) is 0 Å². The zero-order chi connectivity index (χ0) is 29.5. The van der Waals surface area contributed by atoms with Crippen LogP contribution in [0.4, 0.5) is 5.69 Å². The van der Waals surface area contributed by atoms with Gasteiger partial charge in [0, 0.05) is 17.3 Å². The SMILES string of the molecule is C=O.C=O.CC.Cc1ccc(C(=O)Nc2ccc(Cl)c(-c3nc4ccc(/C=C/C(=O)NO)cc4[nH]3)c2)c(Cl)c1. The molecule has 1 heterocycles. The summed E-state index contributed by atoms with van der Waals surface area (Å²) >= 11 is 12.6. The van der Waals surface area contributed by atoms with Crippen LogP contribution in [0.5, 0.6) is 0 Å². The molecule has 3 aromatic carbocycles. The number of fused-ring (bicyclic) bond motifs is 1. The number of benzene rings is 3. The van der Waals surface area contributed by atoms with Crippen molar-refractivity contribution in [1.29, 1.82) is 0 Å². The minimum atomic E-state index is -0.627. The Kier molecular flexibility index (Phi) is 13.9. The van der Waals surface area contributed by atoms with E-state index in [0.717, 1.165) is 16.6 Å². The van der Waals surface area contributed by atoms with E-state index in [2.05, 4.69) is 15.3 Å². The van der Waals surface area contributed by atoms with Crippen LogP contribution in [0.25, 0.3) is 28.5 Å². The summed E-state index contributed by atoms with van der Waals surface area (Å²) in [6.07, 6.45) is 2.77. The summed E-state index contributed by atoms with van der Waals surface area (Å²) < 4.78 is 0. The maximum atomic E-state index is 12.7. The molecule has 204 valence electrons. The number of carbonyl (C=O) groups is 4. The van der Waals surface area contributed by atoms with Crippen LogP contribution < -0.4 is 10.8 Å². The molecular formula is C28H28Cl2N4O5. The normalized spacial score (nSPS) is 9.79. The molecule has 0 saturated carbocycles. The van der Waals surface area contributed by atoms with E-state index >= 15 is 0 Å². The van der Waals surface area contributed by atoms with E-state index in [1.165, 1.54) is 6.08 Å². The highest BCUT2D eigenvalue weighted by molar-refractivity contribution is 6.35. The molecular weight excluding hydrogens is 543 g/mol. The van der Waals surface area contributed by atoms with E-state index in [0.29, 0.717) is 38.2 Å². The number of anilines is 1. The number of aromatic amines is 1. The molecule has 0 fully saturated rings. The topological polar surface area (TPSA) is 141 Å². The van der Waals surface area contributed by atoms with Gasteiger partial charge in [-0.15, -0.1) is 0 Å². The summed E-state index contributed by atoms with van der Waals surface area (Å²) in [7, 11) is 0. The summed E-state index contributed by atoms with van der Waals surface area (Å²) in [6.45, 7) is 9.90. The van der Waals surface area contributed by atoms with E-state index < -0.39 is 5.91 Å². The number of hydrogen-bond donors (Lipinski definition) is 4. The van der Waals surface area contributed by atoms with Crippen LogP contribution in [-0.2, 0) is 14.4 Å². The van der Waals surface area contributed by atoms with E-state index in [4.69, 9.17) is 38.0 Å². The average molecular weight is 571 g/mol. The molecule has 4 rings (SSSR count). The monoisotopic (exact) mass is 570 g/mol. The summed E-state index contributed by atoms with van der Waals surface area (Å²) in [5, 5.41) is 12.3. The molecule has 0 spiro atoms. The minimum Gasteiger partial charge on any atom is -0.338 e. The number of carbonyl (C=O) groups excluding carboxylic acids is 4. The molecule has 9 nitrogen and oxygen atoms in total. The highest BCUT2D eigenvalue weighted by Gasteiger charge is 2.14. The molecule has 4 N–H and O–H groups in total. The number of H-pyrrole nitrogens is 1. The Hall–Kier alpha value is -4.31. The number of aromatic nitrogens is 2. The Labute approximate surface area is 235 Å². The predicted molar refractivity (Wildman–Crippen MR) is 155 cm³/mol. The molecule has 0 aliphatic rings. The quantitative estimate of drug-likeness (QED) is 0.126. The number of nitrogens with zero attached hydrogens (tertiary/aromatic N) is 1. The van der Waals surface area contributed by atoms with Gasteiger partial charge in [0.05, 0.1) is 26.6 Å². The van der Waals surface area contributed by atoms with Gasteiger partial charge < -0.3 is 19.9 Å². The fourth-order valence-corrected chi connectivity index (χ4v) is 3.78. The maximum absolute atomic E-state index is 12.7. The van der Waals surface area contributed by atoms with Gasteiger partial charge in [0.25, 0.3) is 11.8 Å². The Morgan fingerprint density at radius 2 is 1.64 bits per heavy atom. The lowest BCUT2D eigenvalue weighted by Crippen LogP contribution is -2.14.